The molecule has 1 atom stereocenters. The van der Waals surface area contributed by atoms with Gasteiger partial charge in [0.15, 0.2) is 11.6 Å². The van der Waals surface area contributed by atoms with E-state index in [1.165, 1.54) is 17.0 Å². The van der Waals surface area contributed by atoms with Gasteiger partial charge in [-0.3, -0.25) is 23.9 Å². The molecule has 0 unspecified atom stereocenters. The number of hydrogen-bond acceptors (Lipinski definition) is 8. The monoisotopic (exact) mass is 796 g/mol. The zero-order chi connectivity index (χ0) is 40.1. The summed E-state index contributed by atoms with van der Waals surface area (Å²) in [6.07, 6.45) is 6.54. The minimum atomic E-state index is -1.26. The first-order valence-electron chi connectivity index (χ1n) is 19.9. The van der Waals surface area contributed by atoms with Crippen LogP contribution in [0, 0.1) is 11.7 Å². The molecule has 300 valence electrons. The van der Waals surface area contributed by atoms with Crippen molar-refractivity contribution in [3.63, 3.8) is 0 Å². The quantitative estimate of drug-likeness (QED) is 0.110. The highest BCUT2D eigenvalue weighted by atomic mass is 35.5. The molecule has 57 heavy (non-hydrogen) atoms. The highest BCUT2D eigenvalue weighted by molar-refractivity contribution is 6.35. The van der Waals surface area contributed by atoms with Crippen LogP contribution < -0.4 is 15.6 Å². The lowest BCUT2D eigenvalue weighted by atomic mass is 9.88. The Morgan fingerprint density at radius 2 is 1.81 bits per heavy atom. The summed E-state index contributed by atoms with van der Waals surface area (Å²) in [6, 6.07) is 19.8. The van der Waals surface area contributed by atoms with E-state index in [9.17, 15) is 23.9 Å². The summed E-state index contributed by atoms with van der Waals surface area (Å²) in [5.41, 5.74) is 1.84. The summed E-state index contributed by atoms with van der Waals surface area (Å²) in [7, 11) is 3.90. The largest absolute Gasteiger partial charge is 0.490 e. The topological polar surface area (TPSA) is 130 Å². The van der Waals surface area contributed by atoms with E-state index in [0.29, 0.717) is 73.0 Å². The third kappa shape index (κ3) is 9.98. The van der Waals surface area contributed by atoms with Crippen molar-refractivity contribution in [2.45, 2.75) is 69.4 Å². The number of benzene rings is 3. The van der Waals surface area contributed by atoms with Gasteiger partial charge >= 0.3 is 0 Å². The van der Waals surface area contributed by atoms with Crippen molar-refractivity contribution in [3.8, 4) is 5.75 Å². The standard InChI is InChI=1S/C44H50ClFN6O5/c1-50(2)18-7-21-57-40-26-38-34(24-36(40)46)43(55)52(28-48-38)27-44(56)15-19-51(20-16-44)42(54)32(22-29-8-4-3-5-9-29)10-6-17-47-41(53)31-13-14-33-35(45)25-37(30-11-12-30)49-39(33)23-31/h3-5,8-9,13-14,23-26,28,30,32,56H,6-7,10-12,15-22,27H2,1-2H3,(H,47,53)/t32-/m1/s1. The lowest BCUT2D eigenvalue weighted by Crippen LogP contribution is -2.51. The molecule has 2 amide bonds. The molecule has 7 rings (SSSR count). The third-order valence-electron chi connectivity index (χ3n) is 11.1. The molecule has 1 saturated heterocycles. The van der Waals surface area contributed by atoms with Crippen molar-refractivity contribution in [1.29, 1.82) is 0 Å². The molecule has 1 saturated carbocycles. The molecule has 2 aromatic heterocycles. The first-order valence-corrected chi connectivity index (χ1v) is 20.2. The van der Waals surface area contributed by atoms with E-state index in [2.05, 4.69) is 10.3 Å². The van der Waals surface area contributed by atoms with E-state index < -0.39 is 17.0 Å². The van der Waals surface area contributed by atoms with Crippen molar-refractivity contribution in [2.24, 2.45) is 5.92 Å². The summed E-state index contributed by atoms with van der Waals surface area (Å²) in [5, 5.41) is 16.2. The first-order chi connectivity index (χ1) is 27.5. The fourth-order valence-corrected chi connectivity index (χ4v) is 7.89. The Balaban J connectivity index is 0.950. The Hall–Kier alpha value is -4.91. The highest BCUT2D eigenvalue weighted by Crippen LogP contribution is 2.41. The average molecular weight is 797 g/mol. The van der Waals surface area contributed by atoms with E-state index in [4.69, 9.17) is 21.3 Å². The zero-order valence-electron chi connectivity index (χ0n) is 32.6. The maximum absolute atomic E-state index is 14.9. The highest BCUT2D eigenvalue weighted by Gasteiger charge is 2.36. The summed E-state index contributed by atoms with van der Waals surface area (Å²) in [6.45, 7) is 2.13. The maximum atomic E-state index is 14.9. The molecule has 1 aliphatic heterocycles. The second-order valence-corrected chi connectivity index (χ2v) is 16.3. The predicted molar refractivity (Wildman–Crippen MR) is 219 cm³/mol. The van der Waals surface area contributed by atoms with Crippen LogP contribution in [0.25, 0.3) is 21.8 Å². The zero-order valence-corrected chi connectivity index (χ0v) is 33.3. The number of hydrogen-bond donors (Lipinski definition) is 2. The normalized spacial score (nSPS) is 15.9. The van der Waals surface area contributed by atoms with Gasteiger partial charge < -0.3 is 25.0 Å². The van der Waals surface area contributed by atoms with Crippen LogP contribution in [-0.2, 0) is 17.8 Å². The van der Waals surface area contributed by atoms with Gasteiger partial charge in [-0.15, -0.1) is 0 Å². The van der Waals surface area contributed by atoms with Gasteiger partial charge in [-0.1, -0.05) is 48.0 Å². The smallest absolute Gasteiger partial charge is 0.261 e. The average Bonchev–Trinajstić information content (AvgIpc) is 4.05. The van der Waals surface area contributed by atoms with E-state index in [-0.39, 0.29) is 48.3 Å². The van der Waals surface area contributed by atoms with E-state index >= 15 is 0 Å². The Labute approximate surface area is 336 Å². The number of fused-ring (bicyclic) bond motifs is 2. The molecule has 3 heterocycles. The molecule has 1 aliphatic carbocycles. The van der Waals surface area contributed by atoms with Crippen molar-refractivity contribution in [3.05, 3.63) is 111 Å². The number of aromatic nitrogens is 3. The molecular formula is C44H50ClFN6O5. The number of aliphatic hydroxyl groups is 1. The molecular weight excluding hydrogens is 747 g/mol. The molecule has 2 aliphatic rings. The summed E-state index contributed by atoms with van der Waals surface area (Å²) >= 11 is 6.52. The number of pyridine rings is 1. The summed E-state index contributed by atoms with van der Waals surface area (Å²) < 4.78 is 21.9. The van der Waals surface area contributed by atoms with Crippen LogP contribution in [-0.4, -0.2) is 93.7 Å². The van der Waals surface area contributed by atoms with Crippen LogP contribution in [0.15, 0.2) is 77.9 Å². The summed E-state index contributed by atoms with van der Waals surface area (Å²) in [4.78, 5) is 53.6. The van der Waals surface area contributed by atoms with E-state index in [1.54, 1.807) is 17.0 Å². The van der Waals surface area contributed by atoms with Gasteiger partial charge in [0.1, 0.15) is 0 Å². The molecule has 5 aromatic rings. The lowest BCUT2D eigenvalue weighted by molar-refractivity contribution is -0.140. The number of ether oxygens (including phenoxy) is 1. The molecule has 3 aromatic carbocycles. The minimum Gasteiger partial charge on any atom is -0.490 e. The van der Waals surface area contributed by atoms with Gasteiger partial charge in [0.2, 0.25) is 5.91 Å². The van der Waals surface area contributed by atoms with Crippen molar-refractivity contribution in [1.82, 2.24) is 29.7 Å². The molecule has 0 radical (unpaired) electrons. The minimum absolute atomic E-state index is 0.00377. The number of nitrogens with one attached hydrogen (secondary N) is 1. The Bertz CT molecular complexity index is 2290. The molecule has 2 N–H and O–H groups in total. The van der Waals surface area contributed by atoms with Gasteiger partial charge in [0.05, 0.1) is 46.5 Å². The molecule has 13 heteroatoms. The van der Waals surface area contributed by atoms with Crippen LogP contribution in [0.1, 0.15) is 72.5 Å². The molecule has 0 spiro atoms. The Kier molecular flexibility index (Phi) is 12.5. The van der Waals surface area contributed by atoms with Gasteiger partial charge in [0, 0.05) is 60.7 Å². The number of halogens is 2. The molecule has 0 bridgehead atoms. The Morgan fingerprint density at radius 1 is 1.04 bits per heavy atom. The summed E-state index contributed by atoms with van der Waals surface area (Å²) in [5.74, 6) is -0.689. The third-order valence-corrected chi connectivity index (χ3v) is 11.4. The Morgan fingerprint density at radius 3 is 2.54 bits per heavy atom. The SMILES string of the molecule is CN(C)CCCOc1cc2ncn(CC3(O)CCN(C(=O)[C@H](CCCNC(=O)c4ccc5c(Cl)cc(C6CC6)nc5c4)Cc4ccccc4)CC3)c(=O)c2cc1F. The van der Waals surface area contributed by atoms with Crippen molar-refractivity contribution in [2.75, 3.05) is 46.9 Å². The van der Waals surface area contributed by atoms with Gasteiger partial charge in [0.25, 0.3) is 11.5 Å². The number of piperidine rings is 1. The first kappa shape index (κ1) is 40.3. The van der Waals surface area contributed by atoms with Crippen LogP contribution in [0.3, 0.4) is 0 Å². The van der Waals surface area contributed by atoms with E-state index in [1.807, 2.05) is 61.5 Å². The molecule has 2 fully saturated rings. The lowest BCUT2D eigenvalue weighted by Gasteiger charge is -2.39. The van der Waals surface area contributed by atoms with Gasteiger partial charge in [-0.05, 0) is 95.3 Å². The molecule has 11 nitrogen and oxygen atoms in total. The second kappa shape index (κ2) is 17.7. The number of carbonyl (C=O) groups excluding carboxylic acids is 2. The van der Waals surface area contributed by atoms with Gasteiger partial charge in [-0.25, -0.2) is 9.37 Å². The maximum Gasteiger partial charge on any atom is 0.261 e. The van der Waals surface area contributed by atoms with Crippen molar-refractivity contribution < 1.29 is 23.8 Å². The second-order valence-electron chi connectivity index (χ2n) is 15.9. The fraction of sp³-hybridized carbons (Fsp3) is 0.432. The van der Waals surface area contributed by atoms with Gasteiger partial charge in [-0.2, -0.15) is 0 Å². The van der Waals surface area contributed by atoms with Crippen LogP contribution >= 0.6 is 11.6 Å². The van der Waals surface area contributed by atoms with E-state index in [0.717, 1.165) is 48.5 Å². The predicted octanol–water partition coefficient (Wildman–Crippen LogP) is 6.37. The number of amides is 2. The number of likely N-dealkylation sites (tertiary alicyclic amines) is 1. The number of carbonyl (C=O) groups is 2. The number of rotatable bonds is 16. The van der Waals surface area contributed by atoms with Crippen molar-refractivity contribution >= 4 is 45.2 Å². The van der Waals surface area contributed by atoms with Crippen LogP contribution in [0.4, 0.5) is 4.39 Å². The fourth-order valence-electron chi connectivity index (χ4n) is 7.62. The number of nitrogens with zero attached hydrogens (tertiary/aromatic N) is 5. The van der Waals surface area contributed by atoms with Crippen LogP contribution in [0.2, 0.25) is 5.02 Å². The van der Waals surface area contributed by atoms with Crippen LogP contribution in [0.5, 0.6) is 5.75 Å².